The average molecular weight is 352 g/mol. The standard InChI is InChI=1S/C18H16N4O4/c23-16(7-8-17(24)25)22-14(10-13(21-22)15-6-3-9-26-15)18-19-11-4-1-2-5-12(11)20-18/h1-6,9,14H,7-8,10H2,(H,19,20)(H,24,25). The lowest BCUT2D eigenvalue weighted by atomic mass is 10.1. The van der Waals surface area contributed by atoms with Crippen LogP contribution in [0.25, 0.3) is 11.0 Å². The smallest absolute Gasteiger partial charge is 0.303 e. The molecule has 4 rings (SSSR count). The van der Waals surface area contributed by atoms with Crippen LogP contribution in [-0.4, -0.2) is 37.7 Å². The van der Waals surface area contributed by atoms with E-state index in [9.17, 15) is 9.59 Å². The highest BCUT2D eigenvalue weighted by molar-refractivity contribution is 6.01. The fourth-order valence-corrected chi connectivity index (χ4v) is 3.00. The van der Waals surface area contributed by atoms with Crippen LogP contribution in [0.1, 0.15) is 36.9 Å². The van der Waals surface area contributed by atoms with E-state index < -0.39 is 12.0 Å². The lowest BCUT2D eigenvalue weighted by Crippen LogP contribution is -2.28. The molecule has 3 aromatic rings. The Morgan fingerprint density at radius 3 is 2.81 bits per heavy atom. The van der Waals surface area contributed by atoms with Crippen molar-refractivity contribution < 1.29 is 19.1 Å². The maximum Gasteiger partial charge on any atom is 0.303 e. The van der Waals surface area contributed by atoms with Crippen LogP contribution in [0.15, 0.2) is 52.2 Å². The molecule has 1 amide bonds. The van der Waals surface area contributed by atoms with E-state index in [0.29, 0.717) is 23.7 Å². The van der Waals surface area contributed by atoms with Gasteiger partial charge in [0, 0.05) is 12.8 Å². The van der Waals surface area contributed by atoms with E-state index in [4.69, 9.17) is 9.52 Å². The van der Waals surface area contributed by atoms with Crippen molar-refractivity contribution in [3.05, 3.63) is 54.2 Å². The first-order chi connectivity index (χ1) is 12.6. The second kappa shape index (κ2) is 6.47. The molecule has 1 unspecified atom stereocenters. The normalized spacial score (nSPS) is 16.8. The first-order valence-corrected chi connectivity index (χ1v) is 8.21. The second-order valence-electron chi connectivity index (χ2n) is 6.02. The van der Waals surface area contributed by atoms with Crippen molar-refractivity contribution in [1.29, 1.82) is 0 Å². The van der Waals surface area contributed by atoms with Gasteiger partial charge in [-0.25, -0.2) is 9.99 Å². The number of carbonyl (C=O) groups excluding carboxylic acids is 1. The summed E-state index contributed by atoms with van der Waals surface area (Å²) in [6.07, 6.45) is 1.61. The van der Waals surface area contributed by atoms with E-state index >= 15 is 0 Å². The van der Waals surface area contributed by atoms with Crippen molar-refractivity contribution in [3.63, 3.8) is 0 Å². The number of carboxylic acids is 1. The van der Waals surface area contributed by atoms with Crippen LogP contribution in [0.5, 0.6) is 0 Å². The number of amides is 1. The van der Waals surface area contributed by atoms with Crippen molar-refractivity contribution in [2.75, 3.05) is 0 Å². The summed E-state index contributed by atoms with van der Waals surface area (Å²) in [5.41, 5.74) is 2.29. The molecule has 2 aromatic heterocycles. The molecule has 0 aliphatic carbocycles. The van der Waals surface area contributed by atoms with E-state index in [1.165, 1.54) is 5.01 Å². The Morgan fingerprint density at radius 1 is 1.23 bits per heavy atom. The maximum absolute atomic E-state index is 12.5. The maximum atomic E-state index is 12.5. The fourth-order valence-electron chi connectivity index (χ4n) is 3.00. The molecule has 0 fully saturated rings. The first-order valence-electron chi connectivity index (χ1n) is 8.21. The number of hydrogen-bond donors (Lipinski definition) is 2. The molecule has 0 saturated heterocycles. The van der Waals surface area contributed by atoms with Crippen LogP contribution < -0.4 is 0 Å². The number of para-hydroxylation sites is 2. The Balaban J connectivity index is 1.67. The molecular formula is C18H16N4O4. The third-order valence-corrected chi connectivity index (χ3v) is 4.25. The predicted molar refractivity (Wildman–Crippen MR) is 92.4 cm³/mol. The number of furan rings is 1. The number of benzene rings is 1. The molecule has 0 radical (unpaired) electrons. The van der Waals surface area contributed by atoms with Crippen molar-refractivity contribution >= 4 is 28.6 Å². The molecule has 1 aromatic carbocycles. The lowest BCUT2D eigenvalue weighted by molar-refractivity contribution is -0.141. The molecule has 3 heterocycles. The van der Waals surface area contributed by atoms with Gasteiger partial charge in [-0.3, -0.25) is 9.59 Å². The number of aromatic amines is 1. The number of nitrogens with one attached hydrogen (secondary N) is 1. The molecule has 1 aliphatic rings. The quantitative estimate of drug-likeness (QED) is 0.733. The summed E-state index contributed by atoms with van der Waals surface area (Å²) in [5.74, 6) is -0.188. The van der Waals surface area contributed by atoms with Gasteiger partial charge in [0.15, 0.2) is 0 Å². The Kier molecular flexibility index (Phi) is 4.00. The van der Waals surface area contributed by atoms with Gasteiger partial charge >= 0.3 is 5.97 Å². The van der Waals surface area contributed by atoms with Crippen LogP contribution >= 0.6 is 0 Å². The number of carbonyl (C=O) groups is 2. The average Bonchev–Trinajstić information content (AvgIpc) is 3.37. The fraction of sp³-hybridized carbons (Fsp3) is 0.222. The number of hydrazone groups is 1. The van der Waals surface area contributed by atoms with Crippen LogP contribution in [-0.2, 0) is 9.59 Å². The SMILES string of the molecule is O=C(O)CCC(=O)N1N=C(c2ccco2)CC1c1nc2ccccc2[nH]1. The zero-order valence-corrected chi connectivity index (χ0v) is 13.8. The molecule has 1 aliphatic heterocycles. The van der Waals surface area contributed by atoms with Crippen LogP contribution in [0.2, 0.25) is 0 Å². The van der Waals surface area contributed by atoms with E-state index in [0.717, 1.165) is 11.0 Å². The van der Waals surface area contributed by atoms with Gasteiger partial charge in [-0.05, 0) is 24.3 Å². The highest BCUT2D eigenvalue weighted by Gasteiger charge is 2.35. The molecule has 8 heteroatoms. The van der Waals surface area contributed by atoms with Gasteiger partial charge in [-0.2, -0.15) is 5.10 Å². The third kappa shape index (κ3) is 2.97. The van der Waals surface area contributed by atoms with Gasteiger partial charge < -0.3 is 14.5 Å². The highest BCUT2D eigenvalue weighted by atomic mass is 16.4. The minimum Gasteiger partial charge on any atom is -0.481 e. The van der Waals surface area contributed by atoms with Crippen molar-refractivity contribution in [1.82, 2.24) is 15.0 Å². The molecule has 132 valence electrons. The number of H-pyrrole nitrogens is 1. The zero-order valence-electron chi connectivity index (χ0n) is 13.8. The van der Waals surface area contributed by atoms with E-state index in [1.807, 2.05) is 24.3 Å². The molecule has 0 spiro atoms. The number of fused-ring (bicyclic) bond motifs is 1. The summed E-state index contributed by atoms with van der Waals surface area (Å²) < 4.78 is 5.39. The third-order valence-electron chi connectivity index (χ3n) is 4.25. The molecule has 8 nitrogen and oxygen atoms in total. The number of hydrogen-bond acceptors (Lipinski definition) is 5. The monoisotopic (exact) mass is 352 g/mol. The van der Waals surface area contributed by atoms with Crippen LogP contribution in [0.3, 0.4) is 0 Å². The number of rotatable bonds is 5. The number of imidazole rings is 1. The Bertz CT molecular complexity index is 957. The van der Waals surface area contributed by atoms with Gasteiger partial charge in [-0.15, -0.1) is 0 Å². The summed E-state index contributed by atoms with van der Waals surface area (Å²) in [7, 11) is 0. The van der Waals surface area contributed by atoms with E-state index in [-0.39, 0.29) is 18.7 Å². The first kappa shape index (κ1) is 16.1. The minimum atomic E-state index is -1.02. The second-order valence-corrected chi connectivity index (χ2v) is 6.02. The summed E-state index contributed by atoms with van der Waals surface area (Å²) in [6.45, 7) is 0. The molecule has 0 bridgehead atoms. The Hall–Kier alpha value is -3.42. The molecule has 1 atom stereocenters. The summed E-state index contributed by atoms with van der Waals surface area (Å²) in [4.78, 5) is 31.1. The van der Waals surface area contributed by atoms with E-state index in [2.05, 4.69) is 15.1 Å². The zero-order chi connectivity index (χ0) is 18.1. The van der Waals surface area contributed by atoms with E-state index in [1.54, 1.807) is 18.4 Å². The lowest BCUT2D eigenvalue weighted by Gasteiger charge is -2.19. The van der Waals surface area contributed by atoms with Crippen molar-refractivity contribution in [2.24, 2.45) is 5.10 Å². The Morgan fingerprint density at radius 2 is 2.08 bits per heavy atom. The summed E-state index contributed by atoms with van der Waals surface area (Å²) in [5, 5.41) is 14.6. The van der Waals surface area contributed by atoms with Crippen LogP contribution in [0, 0.1) is 0 Å². The predicted octanol–water partition coefficient (Wildman–Crippen LogP) is 2.70. The van der Waals surface area contributed by atoms with Gasteiger partial charge in [0.1, 0.15) is 23.3 Å². The largest absolute Gasteiger partial charge is 0.481 e. The van der Waals surface area contributed by atoms with Gasteiger partial charge in [0.2, 0.25) is 5.91 Å². The molecule has 26 heavy (non-hydrogen) atoms. The summed E-state index contributed by atoms with van der Waals surface area (Å²) >= 11 is 0. The number of aromatic nitrogens is 2. The Labute approximate surface area is 148 Å². The number of carboxylic acid groups (broad SMARTS) is 1. The highest BCUT2D eigenvalue weighted by Crippen LogP contribution is 2.33. The van der Waals surface area contributed by atoms with Gasteiger partial charge in [0.25, 0.3) is 0 Å². The van der Waals surface area contributed by atoms with Gasteiger partial charge in [-0.1, -0.05) is 12.1 Å². The molecule has 2 N–H and O–H groups in total. The van der Waals surface area contributed by atoms with Crippen molar-refractivity contribution in [3.8, 4) is 0 Å². The topological polar surface area (TPSA) is 112 Å². The molecule has 0 saturated carbocycles. The number of nitrogens with zero attached hydrogens (tertiary/aromatic N) is 3. The minimum absolute atomic E-state index is 0.124. The van der Waals surface area contributed by atoms with Crippen LogP contribution in [0.4, 0.5) is 0 Å². The molecular weight excluding hydrogens is 336 g/mol. The summed E-state index contributed by atoms with van der Waals surface area (Å²) in [6, 6.07) is 10.7. The van der Waals surface area contributed by atoms with Crippen molar-refractivity contribution in [2.45, 2.75) is 25.3 Å². The van der Waals surface area contributed by atoms with Gasteiger partial charge in [0.05, 0.1) is 23.7 Å². The number of aliphatic carboxylic acids is 1.